The highest BCUT2D eigenvalue weighted by atomic mass is 32.1. The molecule has 0 aliphatic carbocycles. The van der Waals surface area contributed by atoms with Crippen LogP contribution in [0.4, 0.5) is 5.13 Å². The van der Waals surface area contributed by atoms with Gasteiger partial charge < -0.3 is 9.15 Å². The zero-order chi connectivity index (χ0) is 18.5. The minimum atomic E-state index is -0.310. The molecule has 0 aliphatic heterocycles. The third-order valence-corrected chi connectivity index (χ3v) is 4.37. The number of furan rings is 1. The SMILES string of the molecule is CCC(=O)c1ccc(OCC(=O)Nc2nc(-c3ccc(C)o3)cs2)cc1. The van der Waals surface area contributed by atoms with Gasteiger partial charge in [0.15, 0.2) is 23.3 Å². The van der Waals surface area contributed by atoms with Gasteiger partial charge in [-0.25, -0.2) is 4.98 Å². The number of carbonyl (C=O) groups is 2. The van der Waals surface area contributed by atoms with Gasteiger partial charge in [0.1, 0.15) is 17.2 Å². The first-order valence-corrected chi connectivity index (χ1v) is 9.01. The number of carbonyl (C=O) groups excluding carboxylic acids is 2. The first kappa shape index (κ1) is 17.9. The molecule has 3 aromatic rings. The highest BCUT2D eigenvalue weighted by Gasteiger charge is 2.11. The van der Waals surface area contributed by atoms with Crippen molar-refractivity contribution in [3.63, 3.8) is 0 Å². The van der Waals surface area contributed by atoms with Crippen LogP contribution in [0.2, 0.25) is 0 Å². The van der Waals surface area contributed by atoms with Crippen molar-refractivity contribution in [1.29, 1.82) is 0 Å². The summed E-state index contributed by atoms with van der Waals surface area (Å²) in [6.45, 7) is 3.53. The molecule has 0 fully saturated rings. The van der Waals surface area contributed by atoms with Crippen molar-refractivity contribution in [2.75, 3.05) is 11.9 Å². The molecular weight excluding hydrogens is 352 g/mol. The molecule has 1 aromatic carbocycles. The summed E-state index contributed by atoms with van der Waals surface area (Å²) in [5.74, 6) is 1.76. The molecule has 7 heteroatoms. The van der Waals surface area contributed by atoms with Crippen LogP contribution in [0.25, 0.3) is 11.5 Å². The molecule has 0 spiro atoms. The van der Waals surface area contributed by atoms with Crippen LogP contribution in [0.5, 0.6) is 5.75 Å². The molecule has 1 amide bonds. The Hall–Kier alpha value is -2.93. The molecule has 0 unspecified atom stereocenters. The summed E-state index contributed by atoms with van der Waals surface area (Å²) in [7, 11) is 0. The second kappa shape index (κ2) is 7.97. The molecule has 6 nitrogen and oxygen atoms in total. The largest absolute Gasteiger partial charge is 0.484 e. The molecular formula is C19H18N2O4S. The summed E-state index contributed by atoms with van der Waals surface area (Å²) >= 11 is 1.32. The van der Waals surface area contributed by atoms with Crippen LogP contribution in [0, 0.1) is 6.92 Å². The summed E-state index contributed by atoms with van der Waals surface area (Å²) in [5.41, 5.74) is 1.31. The van der Waals surface area contributed by atoms with Crippen molar-refractivity contribution >= 4 is 28.2 Å². The van der Waals surface area contributed by atoms with Gasteiger partial charge in [0.05, 0.1) is 0 Å². The Bertz CT molecular complexity index is 912. The highest BCUT2D eigenvalue weighted by Crippen LogP contribution is 2.26. The molecule has 1 N–H and O–H groups in total. The van der Waals surface area contributed by atoms with E-state index in [9.17, 15) is 9.59 Å². The summed E-state index contributed by atoms with van der Waals surface area (Å²) in [5, 5.41) is 4.99. The maximum absolute atomic E-state index is 12.0. The van der Waals surface area contributed by atoms with Crippen LogP contribution < -0.4 is 10.1 Å². The summed E-state index contributed by atoms with van der Waals surface area (Å²) < 4.78 is 10.9. The lowest BCUT2D eigenvalue weighted by molar-refractivity contribution is -0.118. The fraction of sp³-hybridized carbons (Fsp3) is 0.211. The predicted molar refractivity (Wildman–Crippen MR) is 99.7 cm³/mol. The monoisotopic (exact) mass is 370 g/mol. The summed E-state index contributed by atoms with van der Waals surface area (Å²) in [6.07, 6.45) is 0.454. The van der Waals surface area contributed by atoms with Crippen molar-refractivity contribution < 1.29 is 18.7 Å². The molecule has 0 aliphatic rings. The van der Waals surface area contributed by atoms with E-state index >= 15 is 0 Å². The van der Waals surface area contributed by atoms with E-state index in [1.165, 1.54) is 11.3 Å². The number of hydrogen-bond donors (Lipinski definition) is 1. The predicted octanol–water partition coefficient (Wildman–Crippen LogP) is 4.32. The first-order valence-electron chi connectivity index (χ1n) is 8.13. The van der Waals surface area contributed by atoms with Gasteiger partial charge in [-0.15, -0.1) is 11.3 Å². The number of amides is 1. The Morgan fingerprint density at radius 1 is 1.19 bits per heavy atom. The molecule has 134 valence electrons. The number of benzene rings is 1. The Balaban J connectivity index is 1.53. The van der Waals surface area contributed by atoms with Crippen LogP contribution in [-0.2, 0) is 4.79 Å². The van der Waals surface area contributed by atoms with Gasteiger partial charge in [0.2, 0.25) is 0 Å². The number of ether oxygens (including phenoxy) is 1. The quantitative estimate of drug-likeness (QED) is 0.626. The van der Waals surface area contributed by atoms with Gasteiger partial charge in [-0.1, -0.05) is 6.92 Å². The number of aromatic nitrogens is 1. The second-order valence-electron chi connectivity index (χ2n) is 5.59. The standard InChI is InChI=1S/C19H18N2O4S/c1-3-16(22)13-5-7-14(8-6-13)24-10-18(23)21-19-20-15(11-26-19)17-9-4-12(2)25-17/h4-9,11H,3,10H2,1-2H3,(H,20,21,23). The molecule has 0 saturated carbocycles. The summed E-state index contributed by atoms with van der Waals surface area (Å²) in [4.78, 5) is 27.9. The fourth-order valence-electron chi connectivity index (χ4n) is 2.26. The Labute approximate surface area is 154 Å². The van der Waals surface area contributed by atoms with Crippen LogP contribution in [0.3, 0.4) is 0 Å². The van der Waals surface area contributed by atoms with E-state index in [0.29, 0.717) is 34.3 Å². The van der Waals surface area contributed by atoms with Crippen molar-refractivity contribution in [3.8, 4) is 17.2 Å². The number of nitrogens with zero attached hydrogens (tertiary/aromatic N) is 1. The average Bonchev–Trinajstić information content (AvgIpc) is 3.28. The van der Waals surface area contributed by atoms with Crippen LogP contribution in [-0.4, -0.2) is 23.3 Å². The van der Waals surface area contributed by atoms with E-state index in [1.807, 2.05) is 31.4 Å². The molecule has 3 rings (SSSR count). The number of aryl methyl sites for hydroxylation is 1. The number of thiazole rings is 1. The molecule has 26 heavy (non-hydrogen) atoms. The number of rotatable bonds is 7. The molecule has 0 radical (unpaired) electrons. The Morgan fingerprint density at radius 2 is 1.96 bits per heavy atom. The van der Waals surface area contributed by atoms with Gasteiger partial charge >= 0.3 is 0 Å². The Morgan fingerprint density at radius 3 is 2.62 bits per heavy atom. The molecule has 0 saturated heterocycles. The van der Waals surface area contributed by atoms with E-state index in [-0.39, 0.29) is 18.3 Å². The maximum atomic E-state index is 12.0. The van der Waals surface area contributed by atoms with Crippen molar-refractivity contribution in [1.82, 2.24) is 4.98 Å². The average molecular weight is 370 g/mol. The zero-order valence-corrected chi connectivity index (χ0v) is 15.3. The summed E-state index contributed by atoms with van der Waals surface area (Å²) in [6, 6.07) is 10.4. The van der Waals surface area contributed by atoms with Gasteiger partial charge in [-0.2, -0.15) is 0 Å². The van der Waals surface area contributed by atoms with Gasteiger partial charge in [0, 0.05) is 17.4 Å². The molecule has 0 bridgehead atoms. The molecule has 2 aromatic heterocycles. The first-order chi connectivity index (χ1) is 12.5. The highest BCUT2D eigenvalue weighted by molar-refractivity contribution is 7.14. The van der Waals surface area contributed by atoms with Gasteiger partial charge in [-0.3, -0.25) is 14.9 Å². The van der Waals surface area contributed by atoms with E-state index in [1.54, 1.807) is 24.3 Å². The van der Waals surface area contributed by atoms with Crippen LogP contribution in [0.1, 0.15) is 29.5 Å². The number of hydrogen-bond acceptors (Lipinski definition) is 6. The minimum Gasteiger partial charge on any atom is -0.484 e. The number of ketones is 1. The van der Waals surface area contributed by atoms with E-state index in [2.05, 4.69) is 10.3 Å². The topological polar surface area (TPSA) is 81.4 Å². The smallest absolute Gasteiger partial charge is 0.264 e. The third-order valence-electron chi connectivity index (χ3n) is 3.61. The normalized spacial score (nSPS) is 10.5. The zero-order valence-electron chi connectivity index (χ0n) is 14.4. The molecule has 0 atom stereocenters. The van der Waals surface area contributed by atoms with Crippen molar-refractivity contribution in [2.45, 2.75) is 20.3 Å². The Kier molecular flexibility index (Phi) is 5.48. The van der Waals surface area contributed by atoms with E-state index in [4.69, 9.17) is 9.15 Å². The maximum Gasteiger partial charge on any atom is 0.264 e. The van der Waals surface area contributed by atoms with E-state index < -0.39 is 0 Å². The minimum absolute atomic E-state index is 0.0700. The fourth-order valence-corrected chi connectivity index (χ4v) is 2.98. The van der Waals surface area contributed by atoms with Crippen LogP contribution >= 0.6 is 11.3 Å². The van der Waals surface area contributed by atoms with Crippen molar-refractivity contribution in [3.05, 3.63) is 53.1 Å². The van der Waals surface area contributed by atoms with Crippen LogP contribution in [0.15, 0.2) is 46.2 Å². The number of Topliss-reactive ketones (excluding diaryl/α,β-unsaturated/α-hetero) is 1. The van der Waals surface area contributed by atoms with Gasteiger partial charge in [-0.05, 0) is 43.3 Å². The number of nitrogens with one attached hydrogen (secondary N) is 1. The van der Waals surface area contributed by atoms with E-state index in [0.717, 1.165) is 5.76 Å². The lowest BCUT2D eigenvalue weighted by Gasteiger charge is -2.06. The lowest BCUT2D eigenvalue weighted by atomic mass is 10.1. The van der Waals surface area contributed by atoms with Gasteiger partial charge in [0.25, 0.3) is 5.91 Å². The van der Waals surface area contributed by atoms with Crippen molar-refractivity contribution in [2.24, 2.45) is 0 Å². The lowest BCUT2D eigenvalue weighted by Crippen LogP contribution is -2.20. The number of anilines is 1. The second-order valence-corrected chi connectivity index (χ2v) is 6.44. The molecule has 2 heterocycles. The third kappa shape index (κ3) is 4.37.